The number of methoxy groups -OCH3 is 1. The lowest BCUT2D eigenvalue weighted by Crippen LogP contribution is -2.51. The number of halogens is 1. The number of carbonyl (C=O) groups is 3. The van der Waals surface area contributed by atoms with Crippen LogP contribution in [-0.4, -0.2) is 67.6 Å². The molecule has 2 aromatic carbocycles. The minimum atomic E-state index is -0.679. The zero-order valence-electron chi connectivity index (χ0n) is 23.1. The Balaban J connectivity index is 1.32. The van der Waals surface area contributed by atoms with E-state index in [1.807, 2.05) is 44.2 Å². The van der Waals surface area contributed by atoms with Crippen LogP contribution in [0.2, 0.25) is 0 Å². The van der Waals surface area contributed by atoms with Crippen LogP contribution in [0.4, 0.5) is 4.79 Å². The second-order valence-electron chi connectivity index (χ2n) is 10.3. The largest absolute Gasteiger partial charge is 0.453 e. The van der Waals surface area contributed by atoms with Crippen LogP contribution in [0.25, 0.3) is 33.5 Å². The highest BCUT2D eigenvalue weighted by Crippen LogP contribution is 2.33. The van der Waals surface area contributed by atoms with Gasteiger partial charge >= 0.3 is 6.09 Å². The maximum Gasteiger partial charge on any atom is 0.407 e. The van der Waals surface area contributed by atoms with Gasteiger partial charge in [0.15, 0.2) is 5.78 Å². The molecule has 1 aliphatic rings. The molecule has 11 heteroatoms. The van der Waals surface area contributed by atoms with Crippen LogP contribution in [0, 0.1) is 5.92 Å². The maximum absolute atomic E-state index is 13.4. The molecule has 4 aromatic rings. The van der Waals surface area contributed by atoms with E-state index in [1.165, 1.54) is 7.11 Å². The van der Waals surface area contributed by atoms with Crippen molar-refractivity contribution in [3.05, 3.63) is 66.2 Å². The fraction of sp³-hybridized carbons (Fsp3) is 0.333. The van der Waals surface area contributed by atoms with Gasteiger partial charge in [-0.3, -0.25) is 14.6 Å². The summed E-state index contributed by atoms with van der Waals surface area (Å²) in [5.74, 6) is 0.478. The standard InChI is InChI=1S/C30H31BrN6O4/c1-17(2)27(36-30(40)41-3)29(39)37-12-4-5-25(37)28-33-16-24(35-28)19-8-6-18(7-9-19)23-15-32-22-13-20(26(38)14-31)10-11-21(22)34-23/h6-11,13,15-17,25,27H,4-5,12,14H2,1-3H3,(H,33,35)(H,36,40). The number of H-pyrrole nitrogens is 1. The van der Waals surface area contributed by atoms with Crippen molar-refractivity contribution < 1.29 is 19.1 Å². The Labute approximate surface area is 246 Å². The molecule has 1 saturated heterocycles. The molecule has 10 nitrogen and oxygen atoms in total. The number of ketones is 1. The first kappa shape index (κ1) is 28.4. The zero-order valence-corrected chi connectivity index (χ0v) is 24.6. The Morgan fingerprint density at radius 2 is 1.83 bits per heavy atom. The first-order valence-electron chi connectivity index (χ1n) is 13.5. The van der Waals surface area contributed by atoms with Gasteiger partial charge in [0.05, 0.1) is 53.3 Å². The smallest absolute Gasteiger partial charge is 0.407 e. The number of aromatic nitrogens is 4. The molecule has 1 fully saturated rings. The molecule has 2 amide bonds. The van der Waals surface area contributed by atoms with Crippen LogP contribution in [0.3, 0.4) is 0 Å². The summed E-state index contributed by atoms with van der Waals surface area (Å²) in [4.78, 5) is 56.3. The number of amides is 2. The van der Waals surface area contributed by atoms with Gasteiger partial charge in [-0.05, 0) is 42.5 Å². The van der Waals surface area contributed by atoms with Crippen molar-refractivity contribution in [1.29, 1.82) is 0 Å². The predicted molar refractivity (Wildman–Crippen MR) is 159 cm³/mol. The zero-order chi connectivity index (χ0) is 29.1. The molecule has 5 rings (SSSR count). The third kappa shape index (κ3) is 6.00. The monoisotopic (exact) mass is 618 g/mol. The van der Waals surface area contributed by atoms with Crippen LogP contribution in [0.1, 0.15) is 48.9 Å². The number of hydrogen-bond acceptors (Lipinski definition) is 7. The Hall–Kier alpha value is -4.12. The minimum Gasteiger partial charge on any atom is -0.453 e. The van der Waals surface area contributed by atoms with Crippen molar-refractivity contribution in [2.75, 3.05) is 19.0 Å². The van der Waals surface area contributed by atoms with Gasteiger partial charge in [0, 0.05) is 17.7 Å². The van der Waals surface area contributed by atoms with E-state index in [4.69, 9.17) is 9.72 Å². The summed E-state index contributed by atoms with van der Waals surface area (Å²) < 4.78 is 4.72. The van der Waals surface area contributed by atoms with E-state index in [-0.39, 0.29) is 29.0 Å². The van der Waals surface area contributed by atoms with Gasteiger partial charge in [-0.1, -0.05) is 54.0 Å². The minimum absolute atomic E-state index is 0.00195. The summed E-state index contributed by atoms with van der Waals surface area (Å²) in [6, 6.07) is 12.4. The van der Waals surface area contributed by atoms with Gasteiger partial charge in [-0.15, -0.1) is 0 Å². The second-order valence-corrected chi connectivity index (χ2v) is 10.9. The molecule has 0 radical (unpaired) electrons. The maximum atomic E-state index is 13.4. The average molecular weight is 620 g/mol. The summed E-state index contributed by atoms with van der Waals surface area (Å²) in [6.07, 6.45) is 4.50. The van der Waals surface area contributed by atoms with E-state index in [1.54, 1.807) is 29.4 Å². The SMILES string of the molecule is COC(=O)NC(C(=O)N1CCCC1c1ncc(-c2ccc(-c3cnc4cc(C(=O)CBr)ccc4n3)cc2)[nH]1)C(C)C. The number of rotatable bonds is 8. The number of Topliss-reactive ketones (excluding diaryl/α,β-unsaturated/α-hetero) is 1. The summed E-state index contributed by atoms with van der Waals surface area (Å²) in [5.41, 5.74) is 5.41. The highest BCUT2D eigenvalue weighted by atomic mass is 79.9. The molecule has 0 saturated carbocycles. The van der Waals surface area contributed by atoms with E-state index in [9.17, 15) is 14.4 Å². The summed E-state index contributed by atoms with van der Waals surface area (Å²) in [6.45, 7) is 4.39. The molecule has 0 aliphatic carbocycles. The summed E-state index contributed by atoms with van der Waals surface area (Å²) in [5, 5.41) is 2.94. The highest BCUT2D eigenvalue weighted by molar-refractivity contribution is 9.09. The van der Waals surface area contributed by atoms with Gasteiger partial charge in [0.1, 0.15) is 11.9 Å². The molecule has 41 heavy (non-hydrogen) atoms. The number of alkyl carbamates (subject to hydrolysis) is 1. The Morgan fingerprint density at radius 1 is 1.07 bits per heavy atom. The molecule has 2 N–H and O–H groups in total. The van der Waals surface area contributed by atoms with Crippen molar-refractivity contribution in [2.24, 2.45) is 5.92 Å². The Morgan fingerprint density at radius 3 is 2.54 bits per heavy atom. The molecule has 212 valence electrons. The van der Waals surface area contributed by atoms with Crippen molar-refractivity contribution in [1.82, 2.24) is 30.2 Å². The summed E-state index contributed by atoms with van der Waals surface area (Å²) >= 11 is 3.20. The molecule has 2 atom stereocenters. The normalized spacial score (nSPS) is 15.7. The number of benzene rings is 2. The molecule has 2 unspecified atom stereocenters. The number of nitrogens with zero attached hydrogens (tertiary/aromatic N) is 4. The molecular weight excluding hydrogens is 588 g/mol. The highest BCUT2D eigenvalue weighted by Gasteiger charge is 2.37. The van der Waals surface area contributed by atoms with Crippen LogP contribution < -0.4 is 5.32 Å². The number of imidazole rings is 1. The van der Waals surface area contributed by atoms with E-state index in [0.29, 0.717) is 29.0 Å². The van der Waals surface area contributed by atoms with Crippen molar-refractivity contribution in [3.8, 4) is 22.5 Å². The van der Waals surface area contributed by atoms with E-state index in [2.05, 4.69) is 36.2 Å². The van der Waals surface area contributed by atoms with Crippen LogP contribution >= 0.6 is 15.9 Å². The second kappa shape index (κ2) is 12.2. The first-order chi connectivity index (χ1) is 19.8. The number of alkyl halides is 1. The third-order valence-electron chi connectivity index (χ3n) is 7.32. The number of likely N-dealkylation sites (tertiary alicyclic amines) is 1. The van der Waals surface area contributed by atoms with Crippen LogP contribution in [0.15, 0.2) is 54.9 Å². The average Bonchev–Trinajstić information content (AvgIpc) is 3.69. The number of nitrogens with one attached hydrogen (secondary N) is 2. The molecule has 0 bridgehead atoms. The van der Waals surface area contributed by atoms with Gasteiger partial charge in [0.25, 0.3) is 0 Å². The fourth-order valence-corrected chi connectivity index (χ4v) is 5.39. The number of aromatic amines is 1. The summed E-state index contributed by atoms with van der Waals surface area (Å²) in [7, 11) is 1.29. The number of fused-ring (bicyclic) bond motifs is 1. The lowest BCUT2D eigenvalue weighted by atomic mass is 10.0. The molecule has 2 aromatic heterocycles. The third-order valence-corrected chi connectivity index (χ3v) is 7.82. The topological polar surface area (TPSA) is 130 Å². The van der Waals surface area contributed by atoms with Crippen molar-refractivity contribution in [3.63, 3.8) is 0 Å². The number of ether oxygens (including phenoxy) is 1. The fourth-order valence-electron chi connectivity index (χ4n) is 5.07. The van der Waals surface area contributed by atoms with Gasteiger partial charge < -0.3 is 19.9 Å². The van der Waals surface area contributed by atoms with Gasteiger partial charge in [-0.2, -0.15) is 0 Å². The Bertz CT molecular complexity index is 1590. The van der Waals surface area contributed by atoms with Gasteiger partial charge in [-0.25, -0.2) is 14.8 Å². The van der Waals surface area contributed by atoms with Gasteiger partial charge in [0.2, 0.25) is 5.91 Å². The Kier molecular flexibility index (Phi) is 8.44. The number of hydrogen-bond donors (Lipinski definition) is 2. The predicted octanol–water partition coefficient (Wildman–Crippen LogP) is 5.31. The molecule has 0 spiro atoms. The molecule has 3 heterocycles. The molecule has 1 aliphatic heterocycles. The quantitative estimate of drug-likeness (QED) is 0.202. The van der Waals surface area contributed by atoms with Crippen molar-refractivity contribution in [2.45, 2.75) is 38.8 Å². The first-order valence-corrected chi connectivity index (χ1v) is 14.6. The molecular formula is C30H31BrN6O4. The van der Waals surface area contributed by atoms with Crippen molar-refractivity contribution >= 4 is 44.7 Å². The lowest BCUT2D eigenvalue weighted by Gasteiger charge is -2.30. The van der Waals surface area contributed by atoms with Crippen LogP contribution in [-0.2, 0) is 9.53 Å². The van der Waals surface area contributed by atoms with Crippen LogP contribution in [0.5, 0.6) is 0 Å². The lowest BCUT2D eigenvalue weighted by molar-refractivity contribution is -0.135. The van der Waals surface area contributed by atoms with E-state index in [0.717, 1.165) is 35.4 Å². The number of carbonyl (C=O) groups excluding carboxylic acids is 3. The van der Waals surface area contributed by atoms with E-state index >= 15 is 0 Å². The van der Waals surface area contributed by atoms with E-state index < -0.39 is 12.1 Å².